The molecule has 0 radical (unpaired) electrons. The molecule has 0 bridgehead atoms. The van der Waals surface area contributed by atoms with Gasteiger partial charge in [0.25, 0.3) is 0 Å². The molecule has 5 heteroatoms. The first-order valence-corrected chi connectivity index (χ1v) is 12.7. The van der Waals surface area contributed by atoms with Crippen molar-refractivity contribution in [3.63, 3.8) is 0 Å². The van der Waals surface area contributed by atoms with E-state index in [0.717, 1.165) is 27.4 Å². The van der Waals surface area contributed by atoms with Gasteiger partial charge in [-0.05, 0) is 12.1 Å². The van der Waals surface area contributed by atoms with Crippen molar-refractivity contribution in [3.05, 3.63) is 92.1 Å². The average molecular weight is 457 g/mol. The Kier molecular flexibility index (Phi) is 7.64. The average Bonchev–Trinajstić information content (AvgIpc) is 2.62. The van der Waals surface area contributed by atoms with E-state index in [1.165, 1.54) is 0 Å². The van der Waals surface area contributed by atoms with Gasteiger partial charge in [-0.25, -0.2) is 0 Å². The molecule has 0 amide bonds. The summed E-state index contributed by atoms with van der Waals surface area (Å²) in [6.07, 6.45) is 3.60. The van der Waals surface area contributed by atoms with E-state index in [2.05, 4.69) is 34.2 Å². The zero-order chi connectivity index (χ0) is 16.8. The van der Waals surface area contributed by atoms with Crippen LogP contribution < -0.4 is 0 Å². The fourth-order valence-corrected chi connectivity index (χ4v) is 4.12. The van der Waals surface area contributed by atoms with Crippen molar-refractivity contribution >= 4 is 45.8 Å². The summed E-state index contributed by atoms with van der Waals surface area (Å²) in [6, 6.07) is 22.0. The maximum atomic E-state index is 5.67. The Hall–Kier alpha value is -1.67. The van der Waals surface area contributed by atoms with E-state index in [-0.39, 0.29) is 7.43 Å². The molecule has 0 fully saturated rings. The normalized spacial score (nSPS) is 10.4. The quantitative estimate of drug-likeness (QED) is 0.199. The second kappa shape index (κ2) is 9.72. The van der Waals surface area contributed by atoms with Crippen molar-refractivity contribution in [1.29, 1.82) is 0 Å². The van der Waals surface area contributed by atoms with Crippen molar-refractivity contribution in [2.75, 3.05) is 0 Å². The zero-order valence-corrected chi connectivity index (χ0v) is 16.8. The van der Waals surface area contributed by atoms with Crippen LogP contribution in [0, 0.1) is 7.43 Å². The van der Waals surface area contributed by atoms with E-state index >= 15 is 0 Å². The molecule has 2 nitrogen and oxygen atoms in total. The Morgan fingerprint density at radius 3 is 1.68 bits per heavy atom. The monoisotopic (exact) mass is 457 g/mol. The number of rotatable bonds is 1. The summed E-state index contributed by atoms with van der Waals surface area (Å²) in [5.74, 6) is 0. The predicted molar refractivity (Wildman–Crippen MR) is 107 cm³/mol. The maximum absolute atomic E-state index is 5.67. The third kappa shape index (κ3) is 5.40. The van der Waals surface area contributed by atoms with Gasteiger partial charge in [-0.3, -0.25) is 9.97 Å². The van der Waals surface area contributed by atoms with Crippen molar-refractivity contribution in [3.8, 4) is 0 Å². The fraction of sp³-hybridized carbons (Fsp3) is 0. The minimum Gasteiger partial charge on any atom is -0.254 e. The van der Waals surface area contributed by atoms with Crippen molar-refractivity contribution in [1.82, 2.24) is 9.97 Å². The van der Waals surface area contributed by atoms with Gasteiger partial charge in [0.2, 0.25) is 0 Å². The maximum Gasteiger partial charge on any atom is 0.0964 e. The first-order valence-electron chi connectivity index (χ1n) is 7.21. The van der Waals surface area contributed by atoms with E-state index in [1.54, 1.807) is 12.4 Å². The van der Waals surface area contributed by atoms with Crippen LogP contribution in [-0.2, 0) is 13.5 Å². The molecular formula is C20H17Cl2N2Ru-. The van der Waals surface area contributed by atoms with E-state index in [1.807, 2.05) is 47.1 Å². The third-order valence-corrected chi connectivity index (χ3v) is 5.21. The van der Waals surface area contributed by atoms with Crippen LogP contribution >= 0.6 is 19.4 Å². The largest absolute Gasteiger partial charge is 0.254 e. The minimum atomic E-state index is -1.61. The molecule has 0 saturated carbocycles. The van der Waals surface area contributed by atoms with Gasteiger partial charge < -0.3 is 7.43 Å². The van der Waals surface area contributed by atoms with Crippen LogP contribution in [0.4, 0.5) is 0 Å². The molecule has 4 aromatic rings. The molecule has 4 rings (SSSR count). The van der Waals surface area contributed by atoms with Gasteiger partial charge in [-0.15, -0.1) is 0 Å². The Balaban J connectivity index is 0.000000184. The van der Waals surface area contributed by atoms with Crippen LogP contribution in [0.15, 0.2) is 79.1 Å². The van der Waals surface area contributed by atoms with Crippen molar-refractivity contribution < 1.29 is 13.5 Å². The van der Waals surface area contributed by atoms with Crippen molar-refractivity contribution in [2.24, 2.45) is 0 Å². The molecule has 0 saturated heterocycles. The van der Waals surface area contributed by atoms with Crippen LogP contribution in [0.5, 0.6) is 0 Å². The molecule has 2 aromatic carbocycles. The van der Waals surface area contributed by atoms with E-state index in [0.29, 0.717) is 0 Å². The Morgan fingerprint density at radius 2 is 1.20 bits per heavy atom. The van der Waals surface area contributed by atoms with Gasteiger partial charge in [0, 0.05) is 23.2 Å². The van der Waals surface area contributed by atoms with Gasteiger partial charge >= 0.3 is 73.4 Å². The smallest absolute Gasteiger partial charge is 0.0964 e. The molecule has 0 unspecified atom stereocenters. The third-order valence-electron chi connectivity index (χ3n) is 3.34. The summed E-state index contributed by atoms with van der Waals surface area (Å²) in [4.78, 5) is 8.69. The molecule has 0 aliphatic heterocycles. The second-order valence-electron chi connectivity index (χ2n) is 4.93. The summed E-state index contributed by atoms with van der Waals surface area (Å²) in [5, 5.41) is 2.28. The molecule has 25 heavy (non-hydrogen) atoms. The number of hydrogen-bond acceptors (Lipinski definition) is 2. The molecule has 2 heterocycles. The molecule has 0 spiro atoms. The Bertz CT molecular complexity index is 929. The van der Waals surface area contributed by atoms with Gasteiger partial charge in [0.1, 0.15) is 0 Å². The second-order valence-corrected chi connectivity index (χ2v) is 10.7. The van der Waals surface area contributed by atoms with E-state index in [9.17, 15) is 0 Å². The summed E-state index contributed by atoms with van der Waals surface area (Å²) in [7, 11) is 11.3. The first kappa shape index (κ1) is 19.7. The fourth-order valence-electron chi connectivity index (χ4n) is 2.29. The molecule has 0 N–H and O–H groups in total. The molecule has 0 aliphatic carbocycles. The molecular weight excluding hydrogens is 440 g/mol. The summed E-state index contributed by atoms with van der Waals surface area (Å²) in [5.41, 5.74) is 3.07. The molecule has 130 valence electrons. The topological polar surface area (TPSA) is 25.8 Å². The minimum absolute atomic E-state index is 0. The predicted octanol–water partition coefficient (Wildman–Crippen LogP) is 6.00. The summed E-state index contributed by atoms with van der Waals surface area (Å²) >= 11 is -1.61. The zero-order valence-electron chi connectivity index (χ0n) is 13.6. The van der Waals surface area contributed by atoms with Gasteiger partial charge in [-0.2, -0.15) is 0 Å². The van der Waals surface area contributed by atoms with Gasteiger partial charge in [0.15, 0.2) is 0 Å². The van der Waals surface area contributed by atoms with Crippen LogP contribution in [0.1, 0.15) is 5.56 Å². The number of halogens is 2. The van der Waals surface area contributed by atoms with Crippen LogP contribution in [0.2, 0.25) is 0 Å². The molecule has 0 aliphatic rings. The molecule has 0 atom stereocenters. The van der Waals surface area contributed by atoms with Gasteiger partial charge in [-0.1, -0.05) is 24.3 Å². The number of benzene rings is 2. The van der Waals surface area contributed by atoms with Crippen LogP contribution in [0.25, 0.3) is 21.8 Å². The SMILES string of the molecule is [CH3-].[Cl][Ru]([Cl])=[CH]c1ccccc1.c1cnc2c(c1)ccc1cccnc12. The number of fused-ring (bicyclic) bond motifs is 3. The van der Waals surface area contributed by atoms with E-state index < -0.39 is 13.5 Å². The Morgan fingerprint density at radius 1 is 0.680 bits per heavy atom. The Labute approximate surface area is 161 Å². The van der Waals surface area contributed by atoms with Crippen LogP contribution in [0.3, 0.4) is 0 Å². The standard InChI is InChI=1S/C12H8N2.C7H6.CH3.2ClH.Ru/c1-3-9-5-6-10-4-2-8-14-12(10)11(9)13-7-1;1-7-5-3-2-4-6-7;;;;/h1-8H;1-6H;1H3;2*1H;/q;;-1;;;+2/p-2. The summed E-state index contributed by atoms with van der Waals surface area (Å²) in [6.45, 7) is 0. The number of aromatic nitrogens is 2. The number of pyridine rings is 2. The van der Waals surface area contributed by atoms with Gasteiger partial charge in [0.05, 0.1) is 11.0 Å². The van der Waals surface area contributed by atoms with E-state index in [4.69, 9.17) is 19.4 Å². The number of hydrogen-bond donors (Lipinski definition) is 0. The molecule has 2 aromatic heterocycles. The first-order chi connectivity index (χ1) is 11.7. The summed E-state index contributed by atoms with van der Waals surface area (Å²) < 4.78 is 1.92. The van der Waals surface area contributed by atoms with Crippen LogP contribution in [-0.4, -0.2) is 14.6 Å². The van der Waals surface area contributed by atoms with Crippen molar-refractivity contribution in [2.45, 2.75) is 0 Å². The number of nitrogens with zero attached hydrogens (tertiary/aromatic N) is 2.